The minimum Gasteiger partial charge on any atom is -0.478 e. The number of pyridine rings is 1. The number of fused-ring (bicyclic) bond motifs is 1. The molecule has 5 rings (SSSR count). The van der Waals surface area contributed by atoms with Gasteiger partial charge < -0.3 is 23.9 Å². The van der Waals surface area contributed by atoms with Crippen LogP contribution in [0.2, 0.25) is 0 Å². The van der Waals surface area contributed by atoms with Crippen molar-refractivity contribution in [2.75, 3.05) is 18.5 Å². The Morgan fingerprint density at radius 2 is 1.80 bits per heavy atom. The Kier molecular flexibility index (Phi) is 8.47. The minimum atomic E-state index is -0.254. The Balaban J connectivity index is 1.26. The summed E-state index contributed by atoms with van der Waals surface area (Å²) < 4.78 is 18.5. The normalized spacial score (nSPS) is 12.8. The fraction of sp³-hybridized carbons (Fsp3) is 0.387. The molecule has 0 atom stereocenters. The van der Waals surface area contributed by atoms with Crippen LogP contribution in [0.25, 0.3) is 5.65 Å². The first kappa shape index (κ1) is 28.1. The molecule has 0 bridgehead atoms. The zero-order valence-electron chi connectivity index (χ0n) is 24.0. The fourth-order valence-corrected chi connectivity index (χ4v) is 4.92. The maximum atomic E-state index is 12.2. The van der Waals surface area contributed by atoms with Crippen LogP contribution in [0, 0.1) is 19.3 Å². The Hall–Kier alpha value is -4.47. The number of ether oxygens (including phenoxy) is 3. The molecule has 0 aliphatic heterocycles. The van der Waals surface area contributed by atoms with E-state index in [1.165, 1.54) is 24.7 Å². The second kappa shape index (κ2) is 12.4. The third kappa shape index (κ3) is 6.82. The predicted molar refractivity (Wildman–Crippen MR) is 156 cm³/mol. The first-order valence-electron chi connectivity index (χ1n) is 14.0. The van der Waals surface area contributed by atoms with Gasteiger partial charge in [-0.05, 0) is 86.9 Å². The molecule has 10 nitrogen and oxygen atoms in total. The molecule has 1 aromatic carbocycles. The molecular weight excluding hydrogens is 520 g/mol. The summed E-state index contributed by atoms with van der Waals surface area (Å²) >= 11 is 0. The fourth-order valence-electron chi connectivity index (χ4n) is 4.92. The molecule has 0 amide bonds. The van der Waals surface area contributed by atoms with Crippen LogP contribution in [0.5, 0.6) is 5.88 Å². The third-order valence-electron chi connectivity index (χ3n) is 7.09. The lowest BCUT2D eigenvalue weighted by Gasteiger charge is -2.14. The highest BCUT2D eigenvalue weighted by molar-refractivity contribution is 5.92. The van der Waals surface area contributed by atoms with Crippen molar-refractivity contribution in [3.05, 3.63) is 82.1 Å². The lowest BCUT2D eigenvalue weighted by Crippen LogP contribution is -2.09. The van der Waals surface area contributed by atoms with Gasteiger partial charge >= 0.3 is 5.97 Å². The van der Waals surface area contributed by atoms with Crippen molar-refractivity contribution in [3.8, 4) is 5.88 Å². The first-order valence-corrected chi connectivity index (χ1v) is 14.0. The van der Waals surface area contributed by atoms with Gasteiger partial charge in [-0.25, -0.2) is 15.0 Å². The van der Waals surface area contributed by atoms with E-state index in [-0.39, 0.29) is 24.9 Å². The number of aryl methyl sites for hydroxylation is 2. The largest absolute Gasteiger partial charge is 0.478 e. The highest BCUT2D eigenvalue weighted by atomic mass is 16.5. The van der Waals surface area contributed by atoms with Gasteiger partial charge in [-0.3, -0.25) is 10.2 Å². The number of nitrogens with one attached hydrogen (secondary N) is 2. The van der Waals surface area contributed by atoms with E-state index < -0.39 is 0 Å². The van der Waals surface area contributed by atoms with E-state index >= 15 is 0 Å². The average molecular weight is 557 g/mol. The van der Waals surface area contributed by atoms with Crippen molar-refractivity contribution in [2.24, 2.45) is 0 Å². The standard InChI is InChI=1S/C31H36N6O4/c1-5-39-29(38)12-23-11-24(21-7-8-21)15-37-16-25(36-31(23)37)17-41-28-13-27(34-18-35-28)33-14-26-19(3)9-22(10-20(26)4)30(32)40-6-2/h9-11,13,15-16,18,21,32H,5-8,12,14,17H2,1-4H3,(H,33,34,35). The molecule has 1 aliphatic carbocycles. The molecule has 1 saturated carbocycles. The van der Waals surface area contributed by atoms with Crippen LogP contribution in [0.1, 0.15) is 71.7 Å². The number of carbonyl (C=O) groups excluding carboxylic acids is 1. The van der Waals surface area contributed by atoms with E-state index in [0.29, 0.717) is 37.4 Å². The van der Waals surface area contributed by atoms with E-state index in [9.17, 15) is 4.79 Å². The molecule has 41 heavy (non-hydrogen) atoms. The molecular formula is C31H36N6O4. The molecule has 1 aliphatic rings. The molecule has 0 radical (unpaired) electrons. The lowest BCUT2D eigenvalue weighted by molar-refractivity contribution is -0.142. The van der Waals surface area contributed by atoms with Gasteiger partial charge in [-0.1, -0.05) is 0 Å². The number of carbonyl (C=O) groups is 1. The van der Waals surface area contributed by atoms with E-state index in [1.54, 1.807) is 6.07 Å². The summed E-state index contributed by atoms with van der Waals surface area (Å²) in [6.07, 6.45) is 8.03. The number of aromatic nitrogens is 4. The predicted octanol–water partition coefficient (Wildman–Crippen LogP) is 5.28. The van der Waals surface area contributed by atoms with Crippen LogP contribution in [-0.4, -0.2) is 44.4 Å². The lowest BCUT2D eigenvalue weighted by atomic mass is 9.99. The number of rotatable bonds is 12. The molecule has 3 aromatic heterocycles. The number of hydrogen-bond acceptors (Lipinski definition) is 9. The summed E-state index contributed by atoms with van der Waals surface area (Å²) in [5, 5.41) is 11.4. The summed E-state index contributed by atoms with van der Waals surface area (Å²) in [4.78, 5) is 25.6. The summed E-state index contributed by atoms with van der Waals surface area (Å²) in [5.74, 6) is 1.54. The zero-order valence-corrected chi connectivity index (χ0v) is 24.0. The van der Waals surface area contributed by atoms with Crippen molar-refractivity contribution in [1.29, 1.82) is 5.41 Å². The molecule has 0 spiro atoms. The number of esters is 1. The molecule has 4 aromatic rings. The van der Waals surface area contributed by atoms with Crippen LogP contribution >= 0.6 is 0 Å². The van der Waals surface area contributed by atoms with Gasteiger partial charge in [0.2, 0.25) is 11.8 Å². The highest BCUT2D eigenvalue weighted by Gasteiger charge is 2.25. The van der Waals surface area contributed by atoms with Crippen LogP contribution < -0.4 is 10.1 Å². The van der Waals surface area contributed by atoms with Crippen LogP contribution in [0.4, 0.5) is 5.82 Å². The topological polar surface area (TPSA) is 124 Å². The Bertz CT molecular complexity index is 1550. The highest BCUT2D eigenvalue weighted by Crippen LogP contribution is 2.40. The molecule has 0 unspecified atom stereocenters. The van der Waals surface area contributed by atoms with E-state index in [4.69, 9.17) is 24.6 Å². The van der Waals surface area contributed by atoms with Crippen LogP contribution in [-0.2, 0) is 33.8 Å². The SMILES string of the molecule is CCOC(=N)c1cc(C)c(CNc2cc(OCc3cn4cc(C5CC5)cc(CC(=O)OCC)c4n3)ncn2)c(C)c1. The molecule has 10 heteroatoms. The molecule has 1 fully saturated rings. The summed E-state index contributed by atoms with van der Waals surface area (Å²) in [5.41, 5.74) is 7.60. The minimum absolute atomic E-state index is 0.181. The van der Waals surface area contributed by atoms with E-state index in [2.05, 4.69) is 27.5 Å². The third-order valence-corrected chi connectivity index (χ3v) is 7.09. The van der Waals surface area contributed by atoms with Crippen molar-refractivity contribution in [2.45, 2.75) is 66.0 Å². The number of benzene rings is 1. The molecule has 3 heterocycles. The Labute approximate surface area is 239 Å². The van der Waals surface area contributed by atoms with Gasteiger partial charge in [0.05, 0.1) is 25.3 Å². The van der Waals surface area contributed by atoms with Crippen molar-refractivity contribution in [1.82, 2.24) is 19.4 Å². The summed E-state index contributed by atoms with van der Waals surface area (Å²) in [6, 6.07) is 7.79. The summed E-state index contributed by atoms with van der Waals surface area (Å²) in [6.45, 7) is 9.35. The van der Waals surface area contributed by atoms with Gasteiger partial charge in [0, 0.05) is 36.1 Å². The van der Waals surface area contributed by atoms with Crippen molar-refractivity contribution >= 4 is 23.3 Å². The smallest absolute Gasteiger partial charge is 0.310 e. The monoisotopic (exact) mass is 556 g/mol. The van der Waals surface area contributed by atoms with Crippen molar-refractivity contribution < 1.29 is 19.0 Å². The van der Waals surface area contributed by atoms with Gasteiger partial charge in [-0.15, -0.1) is 0 Å². The van der Waals surface area contributed by atoms with Crippen molar-refractivity contribution in [3.63, 3.8) is 0 Å². The second-order valence-corrected chi connectivity index (χ2v) is 10.3. The zero-order chi connectivity index (χ0) is 28.9. The van der Waals surface area contributed by atoms with Gasteiger partial charge in [0.25, 0.3) is 0 Å². The summed E-state index contributed by atoms with van der Waals surface area (Å²) in [7, 11) is 0. The van der Waals surface area contributed by atoms with Gasteiger partial charge in [-0.2, -0.15) is 0 Å². The number of anilines is 1. The number of hydrogen-bond donors (Lipinski definition) is 2. The quantitative estimate of drug-likeness (QED) is 0.137. The number of imidazole rings is 1. The van der Waals surface area contributed by atoms with E-state index in [0.717, 1.165) is 39.2 Å². The van der Waals surface area contributed by atoms with E-state index in [1.807, 2.05) is 50.4 Å². The first-order chi connectivity index (χ1) is 19.8. The average Bonchev–Trinajstić information content (AvgIpc) is 3.71. The molecule has 214 valence electrons. The Morgan fingerprint density at radius 1 is 1.05 bits per heavy atom. The van der Waals surface area contributed by atoms with Crippen LogP contribution in [0.3, 0.4) is 0 Å². The van der Waals surface area contributed by atoms with Gasteiger partial charge in [0.1, 0.15) is 24.4 Å². The Morgan fingerprint density at radius 3 is 2.51 bits per heavy atom. The molecule has 2 N–H and O–H groups in total. The number of nitrogens with zero attached hydrogens (tertiary/aromatic N) is 4. The van der Waals surface area contributed by atoms with Crippen LogP contribution in [0.15, 0.2) is 43.0 Å². The maximum Gasteiger partial charge on any atom is 0.310 e. The molecule has 0 saturated heterocycles. The van der Waals surface area contributed by atoms with Gasteiger partial charge in [0.15, 0.2) is 0 Å². The maximum absolute atomic E-state index is 12.2. The second-order valence-electron chi connectivity index (χ2n) is 10.3.